The second-order valence-electron chi connectivity index (χ2n) is 3.06. The minimum absolute atomic E-state index is 0.0819. The standard InChI is InChI=1S/C9H10O3S/c10-13(11,9-6-12-9)7-8-4-2-1-3-5-8/h1-5,9H,6-7H2. The van der Waals surface area contributed by atoms with Gasteiger partial charge in [-0.1, -0.05) is 30.3 Å². The number of ether oxygens (including phenoxy) is 1. The summed E-state index contributed by atoms with van der Waals surface area (Å²) in [6.45, 7) is 0.356. The van der Waals surface area contributed by atoms with Gasteiger partial charge in [-0.2, -0.15) is 0 Å². The molecule has 0 aromatic heterocycles. The molecule has 0 spiro atoms. The van der Waals surface area contributed by atoms with Crippen molar-refractivity contribution in [1.29, 1.82) is 0 Å². The molecule has 0 N–H and O–H groups in total. The topological polar surface area (TPSA) is 46.7 Å². The maximum atomic E-state index is 11.4. The average molecular weight is 198 g/mol. The van der Waals surface area contributed by atoms with E-state index in [1.54, 1.807) is 12.1 Å². The van der Waals surface area contributed by atoms with Gasteiger partial charge in [0.1, 0.15) is 0 Å². The number of rotatable bonds is 3. The average Bonchev–Trinajstić information content (AvgIpc) is 2.87. The van der Waals surface area contributed by atoms with Crippen molar-refractivity contribution >= 4 is 9.84 Å². The molecule has 0 saturated carbocycles. The van der Waals surface area contributed by atoms with Gasteiger partial charge in [-0.05, 0) is 5.56 Å². The first kappa shape index (κ1) is 8.72. The third kappa shape index (κ3) is 2.08. The minimum atomic E-state index is -3.06. The van der Waals surface area contributed by atoms with Gasteiger partial charge in [0.05, 0.1) is 12.4 Å². The first-order chi connectivity index (χ1) is 6.18. The smallest absolute Gasteiger partial charge is 0.183 e. The lowest BCUT2D eigenvalue weighted by Crippen LogP contribution is -2.10. The van der Waals surface area contributed by atoms with Crippen molar-refractivity contribution < 1.29 is 13.2 Å². The zero-order chi connectivity index (χ0) is 9.31. The molecule has 1 saturated heterocycles. The molecule has 0 aliphatic carbocycles. The minimum Gasteiger partial charge on any atom is -0.356 e. The van der Waals surface area contributed by atoms with Crippen LogP contribution in [0.4, 0.5) is 0 Å². The molecule has 4 heteroatoms. The molecular weight excluding hydrogens is 188 g/mol. The SMILES string of the molecule is O=S(=O)(Cc1ccccc1)C1CO1. The third-order valence-corrected chi connectivity index (χ3v) is 3.72. The molecule has 1 heterocycles. The highest BCUT2D eigenvalue weighted by Crippen LogP contribution is 2.21. The summed E-state index contributed by atoms with van der Waals surface area (Å²) in [4.78, 5) is 0. The van der Waals surface area contributed by atoms with Gasteiger partial charge in [-0.3, -0.25) is 0 Å². The van der Waals surface area contributed by atoms with E-state index in [2.05, 4.69) is 0 Å². The molecule has 1 aliphatic heterocycles. The zero-order valence-electron chi connectivity index (χ0n) is 7.01. The molecule has 0 radical (unpaired) electrons. The Labute approximate surface area is 77.3 Å². The molecule has 1 atom stereocenters. The highest BCUT2D eigenvalue weighted by Gasteiger charge is 2.37. The van der Waals surface area contributed by atoms with Crippen molar-refractivity contribution in [3.63, 3.8) is 0 Å². The molecule has 13 heavy (non-hydrogen) atoms. The predicted octanol–water partition coefficient (Wildman–Crippen LogP) is 0.958. The zero-order valence-corrected chi connectivity index (χ0v) is 7.83. The molecule has 2 rings (SSSR count). The molecule has 0 bridgehead atoms. The van der Waals surface area contributed by atoms with E-state index in [1.165, 1.54) is 0 Å². The maximum absolute atomic E-state index is 11.4. The molecule has 1 unspecified atom stereocenters. The van der Waals surface area contributed by atoms with Crippen molar-refractivity contribution in [3.05, 3.63) is 35.9 Å². The summed E-state index contributed by atoms with van der Waals surface area (Å²) in [6.07, 6.45) is 0. The Morgan fingerprint density at radius 3 is 2.46 bits per heavy atom. The molecule has 3 nitrogen and oxygen atoms in total. The number of hydrogen-bond donors (Lipinski definition) is 0. The fraction of sp³-hybridized carbons (Fsp3) is 0.333. The maximum Gasteiger partial charge on any atom is 0.183 e. The van der Waals surface area contributed by atoms with E-state index in [0.717, 1.165) is 5.56 Å². The van der Waals surface area contributed by atoms with Crippen LogP contribution in [-0.4, -0.2) is 20.5 Å². The fourth-order valence-corrected chi connectivity index (χ4v) is 2.48. The third-order valence-electron chi connectivity index (χ3n) is 1.91. The Bertz CT molecular complexity index is 379. The van der Waals surface area contributed by atoms with E-state index >= 15 is 0 Å². The van der Waals surface area contributed by atoms with Crippen LogP contribution < -0.4 is 0 Å². The number of hydrogen-bond acceptors (Lipinski definition) is 3. The van der Waals surface area contributed by atoms with E-state index < -0.39 is 15.3 Å². The first-order valence-electron chi connectivity index (χ1n) is 4.05. The van der Waals surface area contributed by atoms with Crippen LogP contribution in [0.3, 0.4) is 0 Å². The highest BCUT2D eigenvalue weighted by molar-refractivity contribution is 7.91. The molecule has 0 amide bonds. The summed E-state index contributed by atoms with van der Waals surface area (Å²) >= 11 is 0. The van der Waals surface area contributed by atoms with Crippen molar-refractivity contribution in [2.24, 2.45) is 0 Å². The van der Waals surface area contributed by atoms with E-state index in [1.807, 2.05) is 18.2 Å². The van der Waals surface area contributed by atoms with Crippen molar-refractivity contribution in [1.82, 2.24) is 0 Å². The summed E-state index contributed by atoms with van der Waals surface area (Å²) in [5.74, 6) is 0.0819. The summed E-state index contributed by atoms with van der Waals surface area (Å²) in [5.41, 5.74) is 0.269. The van der Waals surface area contributed by atoms with Gasteiger partial charge in [-0.15, -0.1) is 0 Å². The Kier molecular flexibility index (Phi) is 2.09. The normalized spacial score (nSPS) is 21.4. The van der Waals surface area contributed by atoms with Gasteiger partial charge in [0.15, 0.2) is 15.3 Å². The largest absolute Gasteiger partial charge is 0.356 e. The van der Waals surface area contributed by atoms with Gasteiger partial charge < -0.3 is 4.74 Å². The van der Waals surface area contributed by atoms with Crippen LogP contribution in [-0.2, 0) is 20.3 Å². The van der Waals surface area contributed by atoms with E-state index in [-0.39, 0.29) is 5.75 Å². The van der Waals surface area contributed by atoms with Gasteiger partial charge in [0, 0.05) is 0 Å². The Balaban J connectivity index is 2.14. The summed E-state index contributed by atoms with van der Waals surface area (Å²) in [5, 5.41) is 0. The second kappa shape index (κ2) is 3.12. The van der Waals surface area contributed by atoms with Crippen LogP contribution in [0.2, 0.25) is 0 Å². The summed E-state index contributed by atoms with van der Waals surface area (Å²) < 4.78 is 27.6. The Morgan fingerprint density at radius 2 is 1.92 bits per heavy atom. The van der Waals surface area contributed by atoms with E-state index in [0.29, 0.717) is 6.61 Å². The quantitative estimate of drug-likeness (QED) is 0.679. The lowest BCUT2D eigenvalue weighted by molar-refractivity contribution is 0.445. The van der Waals surface area contributed by atoms with Crippen molar-refractivity contribution in [3.8, 4) is 0 Å². The molecule has 1 fully saturated rings. The van der Waals surface area contributed by atoms with Gasteiger partial charge >= 0.3 is 0 Å². The van der Waals surface area contributed by atoms with Crippen LogP contribution in [0.5, 0.6) is 0 Å². The summed E-state index contributed by atoms with van der Waals surface area (Å²) in [7, 11) is -3.06. The van der Waals surface area contributed by atoms with Gasteiger partial charge in [0.25, 0.3) is 0 Å². The number of benzene rings is 1. The summed E-state index contributed by atoms with van der Waals surface area (Å²) in [6, 6.07) is 9.14. The van der Waals surface area contributed by atoms with E-state index in [4.69, 9.17) is 4.74 Å². The molecule has 1 aliphatic rings. The van der Waals surface area contributed by atoms with Gasteiger partial charge in [0.2, 0.25) is 0 Å². The molecule has 70 valence electrons. The molecular formula is C9H10O3S. The number of epoxide rings is 1. The molecule has 1 aromatic carbocycles. The monoisotopic (exact) mass is 198 g/mol. The lowest BCUT2D eigenvalue weighted by atomic mass is 10.2. The van der Waals surface area contributed by atoms with Crippen molar-refractivity contribution in [2.75, 3.05) is 6.61 Å². The van der Waals surface area contributed by atoms with E-state index in [9.17, 15) is 8.42 Å². The molecule has 1 aromatic rings. The van der Waals surface area contributed by atoms with Crippen LogP contribution in [0.1, 0.15) is 5.56 Å². The van der Waals surface area contributed by atoms with Crippen LogP contribution >= 0.6 is 0 Å². The van der Waals surface area contributed by atoms with Crippen LogP contribution in [0.15, 0.2) is 30.3 Å². The number of sulfone groups is 1. The highest BCUT2D eigenvalue weighted by atomic mass is 32.2. The fourth-order valence-electron chi connectivity index (χ4n) is 1.15. The Morgan fingerprint density at radius 1 is 1.31 bits per heavy atom. The van der Waals surface area contributed by atoms with Crippen molar-refractivity contribution in [2.45, 2.75) is 11.2 Å². The predicted molar refractivity (Wildman–Crippen MR) is 48.8 cm³/mol. The first-order valence-corrected chi connectivity index (χ1v) is 5.77. The second-order valence-corrected chi connectivity index (χ2v) is 5.20. The Hall–Kier alpha value is -0.870. The van der Waals surface area contributed by atoms with Crippen LogP contribution in [0.25, 0.3) is 0 Å². The van der Waals surface area contributed by atoms with Gasteiger partial charge in [-0.25, -0.2) is 8.42 Å². The van der Waals surface area contributed by atoms with Crippen LogP contribution in [0, 0.1) is 0 Å². The lowest BCUT2D eigenvalue weighted by Gasteiger charge is -1.99.